The van der Waals surface area contributed by atoms with Crippen molar-refractivity contribution >= 4 is 15.9 Å². The average Bonchev–Trinajstić information content (AvgIpc) is 2.48. The minimum Gasteiger partial charge on any atom is -0.350 e. The topological polar surface area (TPSA) is 66.5 Å². The van der Waals surface area contributed by atoms with Crippen LogP contribution in [-0.2, 0) is 10.0 Å². The molecule has 0 saturated carbocycles. The molecule has 0 radical (unpaired) electrons. The molecule has 0 heterocycles. The molecule has 0 fully saturated rings. The lowest BCUT2D eigenvalue weighted by Gasteiger charge is -2.18. The van der Waals surface area contributed by atoms with Crippen LogP contribution in [0.1, 0.15) is 44.5 Å². The summed E-state index contributed by atoms with van der Waals surface area (Å²) in [6.45, 7) is 8.37. The van der Waals surface area contributed by atoms with Gasteiger partial charge >= 0.3 is 0 Å². The number of rotatable bonds is 7. The molecule has 0 aliphatic heterocycles. The minimum atomic E-state index is -3.47. The van der Waals surface area contributed by atoms with E-state index in [1.54, 1.807) is 26.0 Å². The largest absolute Gasteiger partial charge is 0.350 e. The molecule has 0 bridgehead atoms. The summed E-state index contributed by atoms with van der Waals surface area (Å²) in [5.41, 5.74) is 0.466. The number of hydrogen-bond acceptors (Lipinski definition) is 3. The minimum absolute atomic E-state index is 0.0941. The maximum Gasteiger partial charge on any atom is 0.251 e. The molecule has 1 N–H and O–H groups in total. The highest BCUT2D eigenvalue weighted by Crippen LogP contribution is 2.16. The fraction of sp³-hybridized carbons (Fsp3) is 0.533. The van der Waals surface area contributed by atoms with E-state index in [-0.39, 0.29) is 16.8 Å². The third-order valence-electron chi connectivity index (χ3n) is 3.45. The summed E-state index contributed by atoms with van der Waals surface area (Å²) >= 11 is 0. The van der Waals surface area contributed by atoms with Gasteiger partial charge in [0.25, 0.3) is 5.91 Å². The molecule has 1 atom stereocenters. The van der Waals surface area contributed by atoms with Crippen molar-refractivity contribution in [2.24, 2.45) is 0 Å². The molecule has 0 unspecified atom stereocenters. The summed E-state index contributed by atoms with van der Waals surface area (Å²) in [6, 6.07) is 6.16. The molecule has 1 aromatic rings. The second-order valence-electron chi connectivity index (χ2n) is 4.90. The second-order valence-corrected chi connectivity index (χ2v) is 6.83. The van der Waals surface area contributed by atoms with E-state index in [9.17, 15) is 13.2 Å². The van der Waals surface area contributed by atoms with Gasteiger partial charge in [-0.25, -0.2) is 8.42 Å². The molecule has 6 heteroatoms. The summed E-state index contributed by atoms with van der Waals surface area (Å²) in [6.07, 6.45) is 0.847. The number of hydrogen-bond donors (Lipinski definition) is 1. The van der Waals surface area contributed by atoms with E-state index in [1.807, 2.05) is 13.8 Å². The lowest BCUT2D eigenvalue weighted by molar-refractivity contribution is 0.0939. The van der Waals surface area contributed by atoms with Gasteiger partial charge in [-0.05, 0) is 37.6 Å². The molecule has 0 spiro atoms. The molecule has 1 rings (SSSR count). The lowest BCUT2D eigenvalue weighted by Crippen LogP contribution is -2.32. The molecule has 21 heavy (non-hydrogen) atoms. The van der Waals surface area contributed by atoms with Crippen molar-refractivity contribution in [1.29, 1.82) is 0 Å². The Hall–Kier alpha value is -1.40. The number of benzene rings is 1. The summed E-state index contributed by atoms with van der Waals surface area (Å²) in [5, 5.41) is 2.85. The van der Waals surface area contributed by atoms with Crippen molar-refractivity contribution in [3.05, 3.63) is 29.8 Å². The maximum atomic E-state index is 12.3. The van der Waals surface area contributed by atoms with Crippen LogP contribution in [0.5, 0.6) is 0 Å². The van der Waals surface area contributed by atoms with Crippen LogP contribution in [0.25, 0.3) is 0 Å². The summed E-state index contributed by atoms with van der Waals surface area (Å²) in [5.74, 6) is -0.184. The van der Waals surface area contributed by atoms with Gasteiger partial charge in [0.15, 0.2) is 0 Å². The summed E-state index contributed by atoms with van der Waals surface area (Å²) in [7, 11) is -3.47. The first-order valence-electron chi connectivity index (χ1n) is 7.27. The number of nitrogens with zero attached hydrogens (tertiary/aromatic N) is 1. The first-order chi connectivity index (χ1) is 9.86. The molecular formula is C15H24N2O3S. The Morgan fingerprint density at radius 3 is 2.10 bits per heavy atom. The van der Waals surface area contributed by atoms with Gasteiger partial charge in [-0.3, -0.25) is 4.79 Å². The SMILES string of the molecule is CC[C@H](C)NC(=O)c1ccc(S(=O)(=O)N(CC)CC)cc1. The van der Waals surface area contributed by atoms with Crippen molar-refractivity contribution in [1.82, 2.24) is 9.62 Å². The van der Waals surface area contributed by atoms with E-state index in [0.717, 1.165) is 6.42 Å². The molecular weight excluding hydrogens is 288 g/mol. The predicted octanol–water partition coefficient (Wildman–Crippen LogP) is 2.25. The van der Waals surface area contributed by atoms with E-state index in [0.29, 0.717) is 18.7 Å². The van der Waals surface area contributed by atoms with Gasteiger partial charge in [0.1, 0.15) is 0 Å². The van der Waals surface area contributed by atoms with Crippen molar-refractivity contribution in [3.63, 3.8) is 0 Å². The van der Waals surface area contributed by atoms with Gasteiger partial charge < -0.3 is 5.32 Å². The molecule has 0 aromatic heterocycles. The van der Waals surface area contributed by atoms with Crippen LogP contribution in [0.15, 0.2) is 29.2 Å². The van der Waals surface area contributed by atoms with Crippen molar-refractivity contribution < 1.29 is 13.2 Å². The van der Waals surface area contributed by atoms with Crippen LogP contribution < -0.4 is 5.32 Å². The van der Waals surface area contributed by atoms with Crippen LogP contribution in [0.3, 0.4) is 0 Å². The molecule has 0 saturated heterocycles. The number of nitrogens with one attached hydrogen (secondary N) is 1. The van der Waals surface area contributed by atoms with Crippen LogP contribution in [-0.4, -0.2) is 37.8 Å². The molecule has 0 aliphatic carbocycles. The van der Waals surface area contributed by atoms with Crippen LogP contribution in [0.2, 0.25) is 0 Å². The van der Waals surface area contributed by atoms with E-state index in [4.69, 9.17) is 0 Å². The van der Waals surface area contributed by atoms with E-state index in [2.05, 4.69) is 5.32 Å². The third kappa shape index (κ3) is 4.28. The molecule has 1 aromatic carbocycles. The van der Waals surface area contributed by atoms with Crippen LogP contribution in [0.4, 0.5) is 0 Å². The zero-order valence-corrected chi connectivity index (χ0v) is 13.9. The second kappa shape index (κ2) is 7.56. The Labute approximate surface area is 127 Å². The van der Waals surface area contributed by atoms with Crippen LogP contribution >= 0.6 is 0 Å². The molecule has 0 aliphatic rings. The lowest BCUT2D eigenvalue weighted by atomic mass is 10.2. The highest BCUT2D eigenvalue weighted by molar-refractivity contribution is 7.89. The number of sulfonamides is 1. The Balaban J connectivity index is 2.95. The highest BCUT2D eigenvalue weighted by Gasteiger charge is 2.21. The Morgan fingerprint density at radius 1 is 1.14 bits per heavy atom. The fourth-order valence-electron chi connectivity index (χ4n) is 1.90. The molecule has 5 nitrogen and oxygen atoms in total. The Morgan fingerprint density at radius 2 is 1.67 bits per heavy atom. The zero-order chi connectivity index (χ0) is 16.0. The summed E-state index contributed by atoms with van der Waals surface area (Å²) in [4.78, 5) is 12.2. The Bertz CT molecular complexity index is 563. The monoisotopic (exact) mass is 312 g/mol. The Kier molecular flexibility index (Phi) is 6.36. The fourth-order valence-corrected chi connectivity index (χ4v) is 3.36. The van der Waals surface area contributed by atoms with Crippen molar-refractivity contribution in [3.8, 4) is 0 Å². The summed E-state index contributed by atoms with van der Waals surface area (Å²) < 4.78 is 26.0. The van der Waals surface area contributed by atoms with Crippen LogP contribution in [0, 0.1) is 0 Å². The van der Waals surface area contributed by atoms with Gasteiger partial charge in [0.05, 0.1) is 4.90 Å². The van der Waals surface area contributed by atoms with Crippen molar-refractivity contribution in [2.45, 2.75) is 45.1 Å². The molecule has 118 valence electrons. The third-order valence-corrected chi connectivity index (χ3v) is 5.51. The van der Waals surface area contributed by atoms with Gasteiger partial charge in [0, 0.05) is 24.7 Å². The first-order valence-corrected chi connectivity index (χ1v) is 8.71. The zero-order valence-electron chi connectivity index (χ0n) is 13.1. The highest BCUT2D eigenvalue weighted by atomic mass is 32.2. The van der Waals surface area contributed by atoms with E-state index < -0.39 is 10.0 Å². The first kappa shape index (κ1) is 17.7. The standard InChI is InChI=1S/C15H24N2O3S/c1-5-12(4)16-15(18)13-8-10-14(11-9-13)21(19,20)17(6-2)7-3/h8-12H,5-7H2,1-4H3,(H,16,18)/t12-/m0/s1. The van der Waals surface area contributed by atoms with Gasteiger partial charge in [-0.15, -0.1) is 0 Å². The van der Waals surface area contributed by atoms with Gasteiger partial charge in [-0.2, -0.15) is 4.31 Å². The van der Waals surface area contributed by atoms with Gasteiger partial charge in [-0.1, -0.05) is 20.8 Å². The maximum absolute atomic E-state index is 12.3. The average molecular weight is 312 g/mol. The quantitative estimate of drug-likeness (QED) is 0.839. The normalized spacial score (nSPS) is 13.2. The smallest absolute Gasteiger partial charge is 0.251 e. The number of carbonyl (C=O) groups excluding carboxylic acids is 1. The predicted molar refractivity (Wildman–Crippen MR) is 83.8 cm³/mol. The molecule has 1 amide bonds. The van der Waals surface area contributed by atoms with Crippen molar-refractivity contribution in [2.75, 3.05) is 13.1 Å². The van der Waals surface area contributed by atoms with E-state index >= 15 is 0 Å². The van der Waals surface area contributed by atoms with Gasteiger partial charge in [0.2, 0.25) is 10.0 Å². The number of carbonyl (C=O) groups is 1. The number of amides is 1. The van der Waals surface area contributed by atoms with E-state index in [1.165, 1.54) is 16.4 Å².